The van der Waals surface area contributed by atoms with E-state index < -0.39 is 0 Å². The zero-order chi connectivity index (χ0) is 13.9. The summed E-state index contributed by atoms with van der Waals surface area (Å²) in [7, 11) is 0. The maximum Gasteiger partial charge on any atom is 0.192 e. The predicted molar refractivity (Wildman–Crippen MR) is 77.2 cm³/mol. The van der Waals surface area contributed by atoms with E-state index in [-0.39, 0.29) is 0 Å². The summed E-state index contributed by atoms with van der Waals surface area (Å²) in [5.41, 5.74) is 4.25. The number of benzene rings is 2. The number of aromatic nitrogens is 1. The number of nitriles is 1. The molecule has 1 aromatic heterocycles. The molecule has 20 heavy (non-hydrogen) atoms. The summed E-state index contributed by atoms with van der Waals surface area (Å²) in [5, 5.41) is 12.4. The molecule has 0 radical (unpaired) electrons. The molecule has 0 saturated carbocycles. The molecule has 4 nitrogen and oxygen atoms in total. The molecule has 0 fully saturated rings. The summed E-state index contributed by atoms with van der Waals surface area (Å²) >= 11 is 0. The normalized spacial score (nSPS) is 10.4. The van der Waals surface area contributed by atoms with Crippen molar-refractivity contribution >= 4 is 16.8 Å². The van der Waals surface area contributed by atoms with Crippen molar-refractivity contribution in [2.24, 2.45) is 0 Å². The van der Waals surface area contributed by atoms with Crippen LogP contribution < -0.4 is 5.32 Å². The van der Waals surface area contributed by atoms with Gasteiger partial charge < -0.3 is 9.73 Å². The third-order valence-electron chi connectivity index (χ3n) is 3.12. The molecule has 3 rings (SSSR count). The molecule has 1 heterocycles. The van der Waals surface area contributed by atoms with Crippen molar-refractivity contribution in [1.82, 2.24) is 4.98 Å². The van der Waals surface area contributed by atoms with Crippen LogP contribution in [0.2, 0.25) is 0 Å². The highest BCUT2D eigenvalue weighted by Gasteiger charge is 2.04. The van der Waals surface area contributed by atoms with Crippen molar-refractivity contribution in [2.45, 2.75) is 13.5 Å². The molecule has 1 N–H and O–H groups in total. The van der Waals surface area contributed by atoms with E-state index in [2.05, 4.69) is 16.4 Å². The highest BCUT2D eigenvalue weighted by molar-refractivity contribution is 5.77. The second-order valence-electron chi connectivity index (χ2n) is 4.54. The number of nitrogens with one attached hydrogen (secondary N) is 1. The van der Waals surface area contributed by atoms with Crippen molar-refractivity contribution in [3.05, 3.63) is 59.5 Å². The molecule has 3 aromatic rings. The lowest BCUT2D eigenvalue weighted by molar-refractivity contribution is 0.561. The van der Waals surface area contributed by atoms with Gasteiger partial charge in [-0.2, -0.15) is 5.26 Å². The third-order valence-corrected chi connectivity index (χ3v) is 3.12. The van der Waals surface area contributed by atoms with Crippen LogP contribution in [0.1, 0.15) is 17.0 Å². The number of hydrogen-bond acceptors (Lipinski definition) is 4. The second kappa shape index (κ2) is 5.06. The maximum atomic E-state index is 9.06. The Morgan fingerprint density at radius 1 is 1.25 bits per heavy atom. The van der Waals surface area contributed by atoms with Crippen LogP contribution in [0.3, 0.4) is 0 Å². The molecule has 0 spiro atoms. The Morgan fingerprint density at radius 3 is 2.95 bits per heavy atom. The van der Waals surface area contributed by atoms with E-state index in [1.54, 1.807) is 0 Å². The van der Waals surface area contributed by atoms with E-state index >= 15 is 0 Å². The van der Waals surface area contributed by atoms with Crippen LogP contribution in [0.5, 0.6) is 0 Å². The Hall–Kier alpha value is -2.80. The van der Waals surface area contributed by atoms with E-state index in [9.17, 15) is 0 Å². The van der Waals surface area contributed by atoms with Gasteiger partial charge in [0.1, 0.15) is 5.52 Å². The molecule has 98 valence electrons. The summed E-state index contributed by atoms with van der Waals surface area (Å²) < 4.78 is 5.44. The van der Waals surface area contributed by atoms with Crippen molar-refractivity contribution in [3.63, 3.8) is 0 Å². The summed E-state index contributed by atoms with van der Waals surface area (Å²) in [6.07, 6.45) is 0. The van der Waals surface area contributed by atoms with Crippen molar-refractivity contribution < 1.29 is 4.42 Å². The number of anilines is 1. The summed E-state index contributed by atoms with van der Waals surface area (Å²) in [4.78, 5) is 4.30. The number of fused-ring (bicyclic) bond motifs is 1. The molecule has 2 aromatic carbocycles. The standard InChI is InChI=1S/C16H13N3O/c1-11-19-15-8-14(6-7-16(15)20-11)18-10-13-5-3-2-4-12(13)9-17/h2-8,18H,10H2,1H3. The monoisotopic (exact) mass is 263 g/mol. The molecule has 0 aliphatic heterocycles. The third kappa shape index (κ3) is 2.34. The Balaban J connectivity index is 1.81. The van der Waals surface area contributed by atoms with Crippen molar-refractivity contribution in [1.29, 1.82) is 5.26 Å². The fourth-order valence-corrected chi connectivity index (χ4v) is 2.13. The topological polar surface area (TPSA) is 61.9 Å². The van der Waals surface area contributed by atoms with Crippen LogP contribution in [0.4, 0.5) is 5.69 Å². The molecule has 0 aliphatic rings. The molecule has 0 bridgehead atoms. The lowest BCUT2D eigenvalue weighted by Gasteiger charge is -2.07. The maximum absolute atomic E-state index is 9.06. The van der Waals surface area contributed by atoms with Crippen LogP contribution >= 0.6 is 0 Å². The highest BCUT2D eigenvalue weighted by Crippen LogP contribution is 2.20. The van der Waals surface area contributed by atoms with Crippen LogP contribution in [-0.2, 0) is 6.54 Å². The molecular weight excluding hydrogens is 250 g/mol. The lowest BCUT2D eigenvalue weighted by Crippen LogP contribution is -2.01. The van der Waals surface area contributed by atoms with E-state index in [1.165, 1.54) is 0 Å². The first-order chi connectivity index (χ1) is 9.76. The quantitative estimate of drug-likeness (QED) is 0.784. The number of nitrogens with zero attached hydrogens (tertiary/aromatic N) is 2. The van der Waals surface area contributed by atoms with Gasteiger partial charge in [-0.1, -0.05) is 18.2 Å². The Labute approximate surface area is 116 Å². The highest BCUT2D eigenvalue weighted by atomic mass is 16.3. The number of aryl methyl sites for hydroxylation is 1. The van der Waals surface area contributed by atoms with Gasteiger partial charge in [0.05, 0.1) is 11.6 Å². The number of oxazole rings is 1. The van der Waals surface area contributed by atoms with Gasteiger partial charge in [-0.05, 0) is 29.8 Å². The Bertz CT molecular complexity index is 799. The minimum atomic E-state index is 0.603. The fourth-order valence-electron chi connectivity index (χ4n) is 2.13. The SMILES string of the molecule is Cc1nc2cc(NCc3ccccc3C#N)ccc2o1. The predicted octanol–water partition coefficient (Wildman–Crippen LogP) is 3.62. The summed E-state index contributed by atoms with van der Waals surface area (Å²) in [6, 6.07) is 15.6. The second-order valence-corrected chi connectivity index (χ2v) is 4.54. The van der Waals surface area contributed by atoms with Crippen LogP contribution in [0, 0.1) is 18.3 Å². The largest absolute Gasteiger partial charge is 0.441 e. The molecule has 0 unspecified atom stereocenters. The van der Waals surface area contributed by atoms with Gasteiger partial charge in [0, 0.05) is 19.2 Å². The van der Waals surface area contributed by atoms with Gasteiger partial charge in [-0.15, -0.1) is 0 Å². The van der Waals surface area contributed by atoms with Crippen LogP contribution in [0.15, 0.2) is 46.9 Å². The minimum Gasteiger partial charge on any atom is -0.441 e. The number of hydrogen-bond donors (Lipinski definition) is 1. The molecule has 4 heteroatoms. The summed E-state index contributed by atoms with van der Waals surface area (Å²) in [5.74, 6) is 0.659. The first kappa shape index (κ1) is 12.2. The Kier molecular flexibility index (Phi) is 3.10. The molecule has 0 amide bonds. The molecular formula is C16H13N3O. The van der Waals surface area contributed by atoms with Gasteiger partial charge in [-0.25, -0.2) is 4.98 Å². The van der Waals surface area contributed by atoms with Gasteiger partial charge in [0.15, 0.2) is 11.5 Å². The minimum absolute atomic E-state index is 0.603. The van der Waals surface area contributed by atoms with Gasteiger partial charge in [0.2, 0.25) is 0 Å². The van der Waals surface area contributed by atoms with E-state index in [0.717, 1.165) is 22.4 Å². The zero-order valence-electron chi connectivity index (χ0n) is 11.1. The molecule has 0 saturated heterocycles. The Morgan fingerprint density at radius 2 is 2.10 bits per heavy atom. The average Bonchev–Trinajstić information content (AvgIpc) is 2.84. The summed E-state index contributed by atoms with van der Waals surface area (Å²) in [6.45, 7) is 2.43. The smallest absolute Gasteiger partial charge is 0.192 e. The number of rotatable bonds is 3. The van der Waals surface area contributed by atoms with Crippen molar-refractivity contribution in [3.8, 4) is 6.07 Å². The van der Waals surface area contributed by atoms with Gasteiger partial charge in [0.25, 0.3) is 0 Å². The van der Waals surface area contributed by atoms with Gasteiger partial charge in [-0.3, -0.25) is 0 Å². The first-order valence-corrected chi connectivity index (χ1v) is 6.35. The van der Waals surface area contributed by atoms with Gasteiger partial charge >= 0.3 is 0 Å². The first-order valence-electron chi connectivity index (χ1n) is 6.35. The van der Waals surface area contributed by atoms with E-state index in [0.29, 0.717) is 18.0 Å². The lowest BCUT2D eigenvalue weighted by atomic mass is 10.1. The molecule has 0 atom stereocenters. The van der Waals surface area contributed by atoms with Crippen LogP contribution in [0.25, 0.3) is 11.1 Å². The molecule has 0 aliphatic carbocycles. The fraction of sp³-hybridized carbons (Fsp3) is 0.125. The van der Waals surface area contributed by atoms with E-state index in [4.69, 9.17) is 9.68 Å². The van der Waals surface area contributed by atoms with Crippen molar-refractivity contribution in [2.75, 3.05) is 5.32 Å². The van der Waals surface area contributed by atoms with Crippen LogP contribution in [-0.4, -0.2) is 4.98 Å². The van der Waals surface area contributed by atoms with E-state index in [1.807, 2.05) is 49.4 Å². The average molecular weight is 263 g/mol. The zero-order valence-corrected chi connectivity index (χ0v) is 11.1.